The maximum Gasteiger partial charge on any atom is 0.274 e. The molecule has 2 aliphatic heterocycles. The van der Waals surface area contributed by atoms with Gasteiger partial charge in [0.1, 0.15) is 5.82 Å². The molecule has 1 aromatic carbocycles. The number of carbonyl (C=O) groups is 1. The number of nitrogens with zero attached hydrogens (tertiary/aromatic N) is 2. The van der Waals surface area contributed by atoms with Crippen molar-refractivity contribution in [2.45, 2.75) is 44.7 Å². The van der Waals surface area contributed by atoms with Crippen LogP contribution in [-0.2, 0) is 13.0 Å². The van der Waals surface area contributed by atoms with Crippen LogP contribution in [-0.4, -0.2) is 53.6 Å². The highest BCUT2D eigenvalue weighted by Crippen LogP contribution is 2.47. The summed E-state index contributed by atoms with van der Waals surface area (Å²) in [5.74, 6) is -0.999. The minimum absolute atomic E-state index is 0.181. The second kappa shape index (κ2) is 6.34. The van der Waals surface area contributed by atoms with Gasteiger partial charge in [0.15, 0.2) is 0 Å². The summed E-state index contributed by atoms with van der Waals surface area (Å²) in [6.45, 7) is 3.92. The van der Waals surface area contributed by atoms with Gasteiger partial charge < -0.3 is 4.90 Å². The van der Waals surface area contributed by atoms with Crippen molar-refractivity contribution in [3.8, 4) is 0 Å². The summed E-state index contributed by atoms with van der Waals surface area (Å²) in [6.07, 6.45) is 5.75. The van der Waals surface area contributed by atoms with E-state index in [-0.39, 0.29) is 11.4 Å². The van der Waals surface area contributed by atoms with Crippen molar-refractivity contribution in [1.29, 1.82) is 0 Å². The normalized spacial score (nSPS) is 30.0. The Hall–Kier alpha value is -1.50. The third-order valence-electron chi connectivity index (χ3n) is 6.50. The number of hydrogen-bond acceptors (Lipinski definition) is 4. The van der Waals surface area contributed by atoms with Gasteiger partial charge in [-0.2, -0.15) is 0 Å². The number of rotatable bonds is 2. The number of benzene rings is 1. The molecule has 2 atom stereocenters. The van der Waals surface area contributed by atoms with Crippen LogP contribution in [0, 0.1) is 11.2 Å². The van der Waals surface area contributed by atoms with Crippen molar-refractivity contribution in [3.05, 3.63) is 34.6 Å². The first-order valence-electron chi connectivity index (χ1n) is 9.18. The zero-order chi connectivity index (χ0) is 17.6. The summed E-state index contributed by atoms with van der Waals surface area (Å²) < 4.78 is 14.5. The van der Waals surface area contributed by atoms with Gasteiger partial charge in [-0.25, -0.2) is 9.87 Å². The van der Waals surface area contributed by atoms with E-state index in [1.54, 1.807) is 11.5 Å². The fraction of sp³-hybridized carbons (Fsp3) is 0.632. The molecule has 25 heavy (non-hydrogen) atoms. The van der Waals surface area contributed by atoms with Crippen LogP contribution in [0.2, 0.25) is 0 Å². The molecule has 0 aromatic heterocycles. The molecule has 0 bridgehead atoms. The topological polar surface area (TPSA) is 55.8 Å². The smallest absolute Gasteiger partial charge is 0.274 e. The summed E-state index contributed by atoms with van der Waals surface area (Å²) >= 11 is 0. The van der Waals surface area contributed by atoms with Gasteiger partial charge in [0, 0.05) is 36.8 Å². The summed E-state index contributed by atoms with van der Waals surface area (Å²) in [5, 5.41) is 8.75. The van der Waals surface area contributed by atoms with Crippen molar-refractivity contribution in [2.24, 2.45) is 5.41 Å². The zero-order valence-corrected chi connectivity index (χ0v) is 14.7. The predicted molar refractivity (Wildman–Crippen MR) is 92.0 cm³/mol. The lowest BCUT2D eigenvalue weighted by atomic mass is 9.85. The zero-order valence-electron chi connectivity index (χ0n) is 14.7. The number of amides is 1. The van der Waals surface area contributed by atoms with E-state index >= 15 is 0 Å². The van der Waals surface area contributed by atoms with E-state index < -0.39 is 5.91 Å². The molecule has 5 nitrogen and oxygen atoms in total. The summed E-state index contributed by atoms with van der Waals surface area (Å²) in [7, 11) is 2.20. The lowest BCUT2D eigenvalue weighted by Crippen LogP contribution is -2.39. The Balaban J connectivity index is 1.49. The first-order valence-corrected chi connectivity index (χ1v) is 9.18. The minimum Gasteiger partial charge on any atom is -0.306 e. The second-order valence-corrected chi connectivity index (χ2v) is 8.14. The van der Waals surface area contributed by atoms with Crippen LogP contribution < -0.4 is 5.48 Å². The van der Waals surface area contributed by atoms with Crippen LogP contribution >= 0.6 is 0 Å². The van der Waals surface area contributed by atoms with Crippen molar-refractivity contribution < 1.29 is 14.4 Å². The molecule has 136 valence electrons. The number of hydrogen-bond donors (Lipinski definition) is 2. The fourth-order valence-corrected chi connectivity index (χ4v) is 5.16. The molecular formula is C19H26FN3O2. The summed E-state index contributed by atoms with van der Waals surface area (Å²) in [6, 6.07) is 3.48. The maximum absolute atomic E-state index is 14.5. The highest BCUT2D eigenvalue weighted by molar-refractivity contribution is 5.93. The molecular weight excluding hydrogens is 321 g/mol. The Bertz CT molecular complexity index is 695. The van der Waals surface area contributed by atoms with Gasteiger partial charge in [0.25, 0.3) is 5.91 Å². The van der Waals surface area contributed by atoms with Gasteiger partial charge in [0.05, 0.1) is 0 Å². The highest BCUT2D eigenvalue weighted by Gasteiger charge is 2.45. The Labute approximate surface area is 147 Å². The van der Waals surface area contributed by atoms with Crippen molar-refractivity contribution in [2.75, 3.05) is 26.7 Å². The lowest BCUT2D eigenvalue weighted by Gasteiger charge is -2.35. The minimum atomic E-state index is -0.660. The van der Waals surface area contributed by atoms with Crippen LogP contribution in [0.4, 0.5) is 4.39 Å². The molecule has 1 saturated carbocycles. The molecule has 0 radical (unpaired) electrons. The fourth-order valence-electron chi connectivity index (χ4n) is 5.16. The number of fused-ring (bicyclic) bond motifs is 1. The molecule has 1 saturated heterocycles. The number of hydroxylamine groups is 1. The molecule has 1 aliphatic carbocycles. The molecule has 3 aliphatic rings. The largest absolute Gasteiger partial charge is 0.306 e. The number of nitrogens with one attached hydrogen (secondary N) is 1. The Morgan fingerprint density at radius 1 is 1.36 bits per heavy atom. The Kier molecular flexibility index (Phi) is 4.30. The SMILES string of the molecule is CN1CC[C@]2(CC[C@H](N3CCc4cc(C(=O)NO)cc(F)c4C3)C2)C1. The van der Waals surface area contributed by atoms with Crippen LogP contribution in [0.25, 0.3) is 0 Å². The van der Waals surface area contributed by atoms with E-state index in [0.29, 0.717) is 23.6 Å². The molecule has 4 rings (SSSR count). The van der Waals surface area contributed by atoms with Gasteiger partial charge >= 0.3 is 0 Å². The van der Waals surface area contributed by atoms with Crippen LogP contribution in [0.1, 0.15) is 47.2 Å². The van der Waals surface area contributed by atoms with Gasteiger partial charge in [-0.3, -0.25) is 14.9 Å². The Morgan fingerprint density at radius 3 is 2.92 bits per heavy atom. The summed E-state index contributed by atoms with van der Waals surface area (Å²) in [4.78, 5) is 16.4. The third-order valence-corrected chi connectivity index (χ3v) is 6.50. The van der Waals surface area contributed by atoms with Gasteiger partial charge in [-0.15, -0.1) is 0 Å². The number of halogens is 1. The van der Waals surface area contributed by atoms with Crippen LogP contribution in [0.5, 0.6) is 0 Å². The monoisotopic (exact) mass is 347 g/mol. The van der Waals surface area contributed by atoms with Crippen molar-refractivity contribution in [3.63, 3.8) is 0 Å². The molecule has 2 N–H and O–H groups in total. The van der Waals surface area contributed by atoms with Crippen molar-refractivity contribution in [1.82, 2.24) is 15.3 Å². The predicted octanol–water partition coefficient (Wildman–Crippen LogP) is 2.18. The second-order valence-electron chi connectivity index (χ2n) is 8.14. The Morgan fingerprint density at radius 2 is 2.20 bits per heavy atom. The van der Waals surface area contributed by atoms with E-state index in [2.05, 4.69) is 16.8 Å². The van der Waals surface area contributed by atoms with Gasteiger partial charge in [0.2, 0.25) is 0 Å². The van der Waals surface area contributed by atoms with E-state index in [0.717, 1.165) is 18.5 Å². The lowest BCUT2D eigenvalue weighted by molar-refractivity contribution is 0.0705. The quantitative estimate of drug-likeness (QED) is 0.636. The van der Waals surface area contributed by atoms with Gasteiger partial charge in [-0.05, 0) is 68.8 Å². The first-order chi connectivity index (χ1) is 12.0. The van der Waals surface area contributed by atoms with E-state index in [1.807, 2.05) is 0 Å². The van der Waals surface area contributed by atoms with E-state index in [9.17, 15) is 9.18 Å². The average Bonchev–Trinajstić information content (AvgIpc) is 3.20. The molecule has 2 heterocycles. The van der Waals surface area contributed by atoms with Crippen molar-refractivity contribution >= 4 is 5.91 Å². The number of likely N-dealkylation sites (tertiary alicyclic amines) is 1. The standard InChI is InChI=1S/C19H26FN3O2/c1-22-7-5-19(12-22)4-2-15(10-19)23-6-3-13-8-14(18(24)21-25)9-17(20)16(13)11-23/h8-9,15,25H,2-7,10-12H2,1H3,(H,21,24)/t15-,19-/m0/s1. The van der Waals surface area contributed by atoms with Crippen LogP contribution in [0.3, 0.4) is 0 Å². The maximum atomic E-state index is 14.5. The molecule has 1 aromatic rings. The van der Waals surface area contributed by atoms with Crippen LogP contribution in [0.15, 0.2) is 12.1 Å². The highest BCUT2D eigenvalue weighted by atomic mass is 19.1. The van der Waals surface area contributed by atoms with Gasteiger partial charge in [-0.1, -0.05) is 0 Å². The van der Waals surface area contributed by atoms with E-state index in [4.69, 9.17) is 5.21 Å². The van der Waals surface area contributed by atoms with E-state index in [1.165, 1.54) is 44.8 Å². The molecule has 2 fully saturated rings. The third kappa shape index (κ3) is 3.07. The molecule has 0 unspecified atom stereocenters. The molecule has 1 amide bonds. The average molecular weight is 347 g/mol. The summed E-state index contributed by atoms with van der Waals surface area (Å²) in [5.41, 5.74) is 3.84. The molecule has 6 heteroatoms. The number of carbonyl (C=O) groups excluding carboxylic acids is 1. The first kappa shape index (κ1) is 16.9. The molecule has 1 spiro atoms.